The molecule has 1 aliphatic rings. The van der Waals surface area contributed by atoms with Crippen LogP contribution in [-0.4, -0.2) is 29.4 Å². The Morgan fingerprint density at radius 1 is 1.40 bits per heavy atom. The quantitative estimate of drug-likeness (QED) is 0.792. The Morgan fingerprint density at radius 2 is 2.20 bits per heavy atom. The molecule has 0 radical (unpaired) electrons. The molecule has 0 amide bonds. The number of halogens is 1. The van der Waals surface area contributed by atoms with Crippen LogP contribution in [0, 0.1) is 0 Å². The molecule has 108 valence electrons. The second-order valence-corrected chi connectivity index (χ2v) is 5.33. The predicted molar refractivity (Wildman–Crippen MR) is 79.5 cm³/mol. The van der Waals surface area contributed by atoms with Gasteiger partial charge in [-0.3, -0.25) is 0 Å². The van der Waals surface area contributed by atoms with Gasteiger partial charge in [0.2, 0.25) is 0 Å². The number of hydrogen-bond donors (Lipinski definition) is 0. The molecule has 0 spiro atoms. The molecular formula is C15H19ClN2O2. The van der Waals surface area contributed by atoms with E-state index in [1.165, 1.54) is 0 Å². The minimum absolute atomic E-state index is 0.372. The third-order valence-electron chi connectivity index (χ3n) is 3.93. The lowest BCUT2D eigenvalue weighted by Gasteiger charge is -2.36. The van der Waals surface area contributed by atoms with Crippen LogP contribution in [0.5, 0.6) is 5.75 Å². The summed E-state index contributed by atoms with van der Waals surface area (Å²) in [6, 6.07) is 6.43. The van der Waals surface area contributed by atoms with Crippen molar-refractivity contribution in [1.29, 1.82) is 0 Å². The van der Waals surface area contributed by atoms with Gasteiger partial charge in [-0.05, 0) is 31.9 Å². The Labute approximate surface area is 123 Å². The maximum Gasteiger partial charge on any atom is 0.146 e. The van der Waals surface area contributed by atoms with Crippen molar-refractivity contribution in [2.75, 3.05) is 13.7 Å². The van der Waals surface area contributed by atoms with Gasteiger partial charge in [0.1, 0.15) is 17.1 Å². The minimum atomic E-state index is 0.372. The fraction of sp³-hybridized carbons (Fsp3) is 0.533. The molecule has 0 unspecified atom stereocenters. The van der Waals surface area contributed by atoms with Crippen LogP contribution in [-0.2, 0) is 10.6 Å². The molecule has 0 saturated heterocycles. The summed E-state index contributed by atoms with van der Waals surface area (Å²) in [6.45, 7) is 2.81. The minimum Gasteiger partial charge on any atom is -0.494 e. The molecule has 1 heterocycles. The van der Waals surface area contributed by atoms with Gasteiger partial charge in [-0.15, -0.1) is 11.6 Å². The van der Waals surface area contributed by atoms with Crippen molar-refractivity contribution in [3.05, 3.63) is 24.0 Å². The molecule has 4 nitrogen and oxygen atoms in total. The standard InChI is InChI=1S/C15H19ClN2O2/c1-3-20-11-7-10(8-11)18-12-5-4-6-13(19-2)15(12)17-14(18)9-16/h4-6,10-11H,3,7-9H2,1-2H3. The number of hydrogen-bond acceptors (Lipinski definition) is 3. The van der Waals surface area contributed by atoms with E-state index in [4.69, 9.17) is 21.1 Å². The SMILES string of the molecule is CCOC1CC(n2c(CCl)nc3c(OC)cccc32)C1. The number of alkyl halides is 1. The number of nitrogens with zero attached hydrogens (tertiary/aromatic N) is 2. The molecule has 1 fully saturated rings. The van der Waals surface area contributed by atoms with E-state index in [0.29, 0.717) is 18.0 Å². The van der Waals surface area contributed by atoms with Crippen LogP contribution >= 0.6 is 11.6 Å². The summed E-state index contributed by atoms with van der Waals surface area (Å²) in [5, 5.41) is 0. The van der Waals surface area contributed by atoms with Crippen LogP contribution < -0.4 is 4.74 Å². The monoisotopic (exact) mass is 294 g/mol. The number of methoxy groups -OCH3 is 1. The lowest BCUT2D eigenvalue weighted by atomic mass is 9.88. The van der Waals surface area contributed by atoms with Gasteiger partial charge in [0.05, 0.1) is 24.6 Å². The van der Waals surface area contributed by atoms with Crippen LogP contribution in [0.25, 0.3) is 11.0 Å². The van der Waals surface area contributed by atoms with Crippen LogP contribution in [0.15, 0.2) is 18.2 Å². The molecule has 0 bridgehead atoms. The molecule has 1 aromatic heterocycles. The highest BCUT2D eigenvalue weighted by atomic mass is 35.5. The summed E-state index contributed by atoms with van der Waals surface area (Å²) in [5.41, 5.74) is 1.99. The maximum atomic E-state index is 6.07. The first-order valence-corrected chi connectivity index (χ1v) is 7.53. The van der Waals surface area contributed by atoms with Crippen molar-refractivity contribution >= 4 is 22.6 Å². The number of ether oxygens (including phenoxy) is 2. The van der Waals surface area contributed by atoms with Crippen molar-refractivity contribution in [1.82, 2.24) is 9.55 Å². The lowest BCUT2D eigenvalue weighted by molar-refractivity contribution is -0.0192. The third-order valence-corrected chi connectivity index (χ3v) is 4.17. The van der Waals surface area contributed by atoms with Gasteiger partial charge in [-0.2, -0.15) is 0 Å². The Hall–Kier alpha value is -1.26. The molecule has 0 atom stereocenters. The highest BCUT2D eigenvalue weighted by Gasteiger charge is 2.33. The van der Waals surface area contributed by atoms with E-state index >= 15 is 0 Å². The highest BCUT2D eigenvalue weighted by Crippen LogP contribution is 2.39. The molecule has 20 heavy (non-hydrogen) atoms. The fourth-order valence-corrected chi connectivity index (χ4v) is 3.11. The van der Waals surface area contributed by atoms with Gasteiger partial charge < -0.3 is 14.0 Å². The smallest absolute Gasteiger partial charge is 0.146 e. The summed E-state index contributed by atoms with van der Waals surface area (Å²) in [6.07, 6.45) is 2.43. The van der Waals surface area contributed by atoms with Crippen LogP contribution in [0.1, 0.15) is 31.6 Å². The number of para-hydroxylation sites is 1. The molecule has 1 aromatic carbocycles. The van der Waals surface area contributed by atoms with Gasteiger partial charge >= 0.3 is 0 Å². The number of rotatable bonds is 5. The molecule has 2 aromatic rings. The topological polar surface area (TPSA) is 36.3 Å². The first-order valence-electron chi connectivity index (χ1n) is 6.99. The Bertz CT molecular complexity index is 605. The summed E-state index contributed by atoms with van der Waals surface area (Å²) in [7, 11) is 1.67. The van der Waals surface area contributed by atoms with Gasteiger partial charge in [0, 0.05) is 12.6 Å². The fourth-order valence-electron chi connectivity index (χ4n) is 2.93. The van der Waals surface area contributed by atoms with Crippen molar-refractivity contribution < 1.29 is 9.47 Å². The predicted octanol–water partition coefficient (Wildman–Crippen LogP) is 3.52. The normalized spacial score (nSPS) is 21.9. The van der Waals surface area contributed by atoms with Gasteiger partial charge in [-0.1, -0.05) is 6.07 Å². The molecule has 1 aliphatic carbocycles. The average molecular weight is 295 g/mol. The van der Waals surface area contributed by atoms with E-state index in [2.05, 4.69) is 15.6 Å². The molecule has 3 rings (SSSR count). The van der Waals surface area contributed by atoms with Crippen LogP contribution in [0.3, 0.4) is 0 Å². The van der Waals surface area contributed by atoms with Crippen molar-refractivity contribution in [3.8, 4) is 5.75 Å². The van der Waals surface area contributed by atoms with E-state index in [0.717, 1.165) is 42.1 Å². The first kappa shape index (κ1) is 13.7. The van der Waals surface area contributed by atoms with Gasteiger partial charge in [-0.25, -0.2) is 4.98 Å². The maximum absolute atomic E-state index is 6.07. The van der Waals surface area contributed by atoms with E-state index in [9.17, 15) is 0 Å². The number of imidazole rings is 1. The Kier molecular flexibility index (Phi) is 3.85. The molecular weight excluding hydrogens is 276 g/mol. The molecule has 5 heteroatoms. The summed E-state index contributed by atoms with van der Waals surface area (Å²) in [5.74, 6) is 2.12. The van der Waals surface area contributed by atoms with Crippen molar-refractivity contribution in [3.63, 3.8) is 0 Å². The average Bonchev–Trinajstić information content (AvgIpc) is 2.80. The van der Waals surface area contributed by atoms with E-state index < -0.39 is 0 Å². The molecule has 0 N–H and O–H groups in total. The summed E-state index contributed by atoms with van der Waals surface area (Å²) < 4.78 is 13.3. The van der Waals surface area contributed by atoms with E-state index in [1.807, 2.05) is 19.1 Å². The van der Waals surface area contributed by atoms with Crippen molar-refractivity contribution in [2.45, 2.75) is 37.8 Å². The van der Waals surface area contributed by atoms with Gasteiger partial charge in [0.25, 0.3) is 0 Å². The first-order chi connectivity index (χ1) is 9.78. The van der Waals surface area contributed by atoms with Crippen molar-refractivity contribution in [2.24, 2.45) is 0 Å². The largest absolute Gasteiger partial charge is 0.494 e. The van der Waals surface area contributed by atoms with E-state index in [1.54, 1.807) is 7.11 Å². The zero-order valence-electron chi connectivity index (χ0n) is 11.8. The van der Waals surface area contributed by atoms with Gasteiger partial charge in [0.15, 0.2) is 0 Å². The second kappa shape index (κ2) is 5.62. The molecule has 1 saturated carbocycles. The Balaban J connectivity index is 1.98. The zero-order valence-corrected chi connectivity index (χ0v) is 12.6. The number of fused-ring (bicyclic) bond motifs is 1. The zero-order chi connectivity index (χ0) is 14.1. The Morgan fingerprint density at radius 3 is 2.85 bits per heavy atom. The summed E-state index contributed by atoms with van der Waals surface area (Å²) >= 11 is 6.07. The highest BCUT2D eigenvalue weighted by molar-refractivity contribution is 6.16. The van der Waals surface area contributed by atoms with Crippen LogP contribution in [0.4, 0.5) is 0 Å². The number of benzene rings is 1. The molecule has 0 aliphatic heterocycles. The summed E-state index contributed by atoms with van der Waals surface area (Å²) in [4.78, 5) is 4.64. The van der Waals surface area contributed by atoms with E-state index in [-0.39, 0.29) is 0 Å². The van der Waals surface area contributed by atoms with Crippen LogP contribution in [0.2, 0.25) is 0 Å². The third kappa shape index (κ3) is 2.17. The lowest BCUT2D eigenvalue weighted by Crippen LogP contribution is -2.34. The number of aromatic nitrogens is 2. The second-order valence-electron chi connectivity index (χ2n) is 5.06.